The number of carbonyl (C=O) groups is 2. The number of amides is 1. The van der Waals surface area contributed by atoms with Crippen molar-refractivity contribution in [1.29, 1.82) is 0 Å². The maximum atomic E-state index is 12.7. The summed E-state index contributed by atoms with van der Waals surface area (Å²) in [5, 5.41) is 8.93. The van der Waals surface area contributed by atoms with Gasteiger partial charge in [0.2, 0.25) is 5.91 Å². The number of ether oxygens (including phenoxy) is 1. The number of hydrogen-bond acceptors (Lipinski definition) is 4. The normalized spacial score (nSPS) is 10.4. The Bertz CT molecular complexity index is 988. The smallest absolute Gasteiger partial charge is 0.303 e. The first-order chi connectivity index (χ1) is 14.6. The zero-order valence-corrected chi connectivity index (χ0v) is 16.5. The minimum absolute atomic E-state index is 0.0652. The molecule has 3 N–H and O–H groups in total. The van der Waals surface area contributed by atoms with Crippen LogP contribution in [0.25, 0.3) is 0 Å². The van der Waals surface area contributed by atoms with Crippen LogP contribution in [0.3, 0.4) is 0 Å². The number of anilines is 1. The molecule has 3 aromatic rings. The van der Waals surface area contributed by atoms with E-state index in [9.17, 15) is 9.59 Å². The zero-order chi connectivity index (χ0) is 21.3. The van der Waals surface area contributed by atoms with Crippen molar-refractivity contribution in [3.05, 3.63) is 90.0 Å². The van der Waals surface area contributed by atoms with Crippen molar-refractivity contribution in [2.24, 2.45) is 5.73 Å². The summed E-state index contributed by atoms with van der Waals surface area (Å²) < 4.78 is 5.93. The van der Waals surface area contributed by atoms with Gasteiger partial charge in [0.05, 0.1) is 13.0 Å². The number of rotatable bonds is 9. The summed E-state index contributed by atoms with van der Waals surface area (Å²) in [6.45, 7) is 0.729. The van der Waals surface area contributed by atoms with Crippen molar-refractivity contribution in [3.8, 4) is 11.5 Å². The zero-order valence-electron chi connectivity index (χ0n) is 16.5. The summed E-state index contributed by atoms with van der Waals surface area (Å²) in [6, 6.07) is 24.3. The summed E-state index contributed by atoms with van der Waals surface area (Å²) in [7, 11) is 0. The topological polar surface area (TPSA) is 92.9 Å². The van der Waals surface area contributed by atoms with Crippen molar-refractivity contribution < 1.29 is 19.4 Å². The van der Waals surface area contributed by atoms with Crippen LogP contribution < -0.4 is 15.4 Å². The van der Waals surface area contributed by atoms with Crippen molar-refractivity contribution in [2.75, 3.05) is 4.90 Å². The fourth-order valence-electron chi connectivity index (χ4n) is 3.03. The Labute approximate surface area is 175 Å². The van der Waals surface area contributed by atoms with Crippen LogP contribution in [0.15, 0.2) is 78.9 Å². The highest BCUT2D eigenvalue weighted by atomic mass is 16.5. The second kappa shape index (κ2) is 10.2. The van der Waals surface area contributed by atoms with Crippen molar-refractivity contribution >= 4 is 17.6 Å². The molecule has 3 aromatic carbocycles. The van der Waals surface area contributed by atoms with Gasteiger partial charge in [0.15, 0.2) is 0 Å². The molecule has 0 aliphatic carbocycles. The van der Waals surface area contributed by atoms with Crippen LogP contribution in [0.1, 0.15) is 24.0 Å². The number of nitrogens with two attached hydrogens (primary N) is 1. The maximum Gasteiger partial charge on any atom is 0.303 e. The molecule has 0 fully saturated rings. The predicted molar refractivity (Wildman–Crippen MR) is 115 cm³/mol. The molecule has 1 amide bonds. The number of carboxylic acid groups (broad SMARTS) is 1. The summed E-state index contributed by atoms with van der Waals surface area (Å²) >= 11 is 0. The van der Waals surface area contributed by atoms with Gasteiger partial charge in [-0.3, -0.25) is 9.59 Å². The van der Waals surface area contributed by atoms with E-state index >= 15 is 0 Å². The molecule has 0 radical (unpaired) electrons. The first-order valence-electron chi connectivity index (χ1n) is 9.69. The molecule has 0 spiro atoms. The van der Waals surface area contributed by atoms with Gasteiger partial charge in [0.25, 0.3) is 0 Å². The van der Waals surface area contributed by atoms with E-state index in [2.05, 4.69) is 0 Å². The third-order valence-corrected chi connectivity index (χ3v) is 4.61. The molecular weight excluding hydrogens is 380 g/mol. The minimum Gasteiger partial charge on any atom is -0.481 e. The second-order valence-electron chi connectivity index (χ2n) is 6.77. The monoisotopic (exact) mass is 404 g/mol. The Morgan fingerprint density at radius 3 is 2.20 bits per heavy atom. The molecule has 6 heteroatoms. The van der Waals surface area contributed by atoms with Crippen LogP contribution >= 0.6 is 0 Å². The van der Waals surface area contributed by atoms with E-state index in [0.717, 1.165) is 11.1 Å². The molecular formula is C24H24N2O4. The van der Waals surface area contributed by atoms with Gasteiger partial charge in [-0.15, -0.1) is 0 Å². The van der Waals surface area contributed by atoms with Gasteiger partial charge in [-0.25, -0.2) is 0 Å². The van der Waals surface area contributed by atoms with E-state index in [0.29, 0.717) is 30.3 Å². The molecule has 0 bridgehead atoms. The van der Waals surface area contributed by atoms with Crippen molar-refractivity contribution in [1.82, 2.24) is 0 Å². The lowest BCUT2D eigenvalue weighted by molar-refractivity contribution is -0.138. The number of benzene rings is 3. The molecule has 154 valence electrons. The summed E-state index contributed by atoms with van der Waals surface area (Å²) in [5.74, 6) is 0.0671. The molecule has 0 atom stereocenters. The average molecular weight is 404 g/mol. The molecule has 0 aromatic heterocycles. The van der Waals surface area contributed by atoms with Crippen LogP contribution in [0, 0.1) is 0 Å². The summed E-state index contributed by atoms with van der Waals surface area (Å²) in [5.41, 5.74) is 8.29. The quantitative estimate of drug-likeness (QED) is 0.554. The molecule has 0 saturated carbocycles. The van der Waals surface area contributed by atoms with E-state index in [1.807, 2.05) is 54.6 Å². The Kier molecular flexibility index (Phi) is 7.19. The predicted octanol–water partition coefficient (Wildman–Crippen LogP) is 4.34. The molecule has 0 aliphatic rings. The summed E-state index contributed by atoms with van der Waals surface area (Å²) in [4.78, 5) is 25.2. The van der Waals surface area contributed by atoms with Gasteiger partial charge in [0, 0.05) is 24.2 Å². The van der Waals surface area contributed by atoms with Gasteiger partial charge in [-0.2, -0.15) is 0 Å². The van der Waals surface area contributed by atoms with E-state index in [1.54, 1.807) is 29.2 Å². The number of carbonyl (C=O) groups excluding carboxylic acids is 1. The highest BCUT2D eigenvalue weighted by molar-refractivity contribution is 5.94. The molecule has 0 saturated heterocycles. The summed E-state index contributed by atoms with van der Waals surface area (Å²) in [6.07, 6.45) is -0.272. The van der Waals surface area contributed by atoms with E-state index in [-0.39, 0.29) is 18.7 Å². The number of para-hydroxylation sites is 1. The van der Waals surface area contributed by atoms with Gasteiger partial charge in [-0.1, -0.05) is 48.5 Å². The lowest BCUT2D eigenvalue weighted by Crippen LogP contribution is -2.30. The first kappa shape index (κ1) is 21.1. The van der Waals surface area contributed by atoms with Crippen LogP contribution in [0.4, 0.5) is 5.69 Å². The highest BCUT2D eigenvalue weighted by Gasteiger charge is 2.17. The van der Waals surface area contributed by atoms with Crippen LogP contribution in [0.2, 0.25) is 0 Å². The lowest BCUT2D eigenvalue weighted by Gasteiger charge is -2.23. The second-order valence-corrected chi connectivity index (χ2v) is 6.77. The lowest BCUT2D eigenvalue weighted by atomic mass is 10.1. The van der Waals surface area contributed by atoms with Gasteiger partial charge in [-0.05, 0) is 35.9 Å². The number of aliphatic carboxylic acids is 1. The van der Waals surface area contributed by atoms with Gasteiger partial charge < -0.3 is 20.5 Å². The third-order valence-electron chi connectivity index (χ3n) is 4.61. The molecule has 30 heavy (non-hydrogen) atoms. The van der Waals surface area contributed by atoms with Gasteiger partial charge >= 0.3 is 5.97 Å². The van der Waals surface area contributed by atoms with Crippen molar-refractivity contribution in [3.63, 3.8) is 0 Å². The SMILES string of the molecule is NCc1ccccc1Oc1ccc(N(Cc2ccccc2)C(=O)CCC(=O)O)cc1. The molecule has 3 rings (SSSR count). The fourth-order valence-corrected chi connectivity index (χ4v) is 3.03. The number of carboxylic acids is 1. The first-order valence-corrected chi connectivity index (χ1v) is 9.69. The third kappa shape index (κ3) is 5.68. The number of hydrogen-bond donors (Lipinski definition) is 2. The minimum atomic E-state index is -0.995. The Morgan fingerprint density at radius 1 is 0.867 bits per heavy atom. The van der Waals surface area contributed by atoms with Crippen LogP contribution in [0.5, 0.6) is 11.5 Å². The Balaban J connectivity index is 1.80. The highest BCUT2D eigenvalue weighted by Crippen LogP contribution is 2.28. The average Bonchev–Trinajstić information content (AvgIpc) is 2.77. The molecule has 0 heterocycles. The molecule has 0 unspecified atom stereocenters. The standard InChI is InChI=1S/C24H24N2O4/c25-16-19-8-4-5-9-22(19)30-21-12-10-20(11-13-21)26(23(27)14-15-24(28)29)17-18-6-2-1-3-7-18/h1-13H,14-17,25H2,(H,28,29). The van der Waals surface area contributed by atoms with Crippen LogP contribution in [-0.4, -0.2) is 17.0 Å². The maximum absolute atomic E-state index is 12.7. The van der Waals surface area contributed by atoms with Crippen molar-refractivity contribution in [2.45, 2.75) is 25.9 Å². The Morgan fingerprint density at radius 2 is 1.53 bits per heavy atom. The van der Waals surface area contributed by atoms with E-state index in [1.165, 1.54) is 0 Å². The van der Waals surface area contributed by atoms with Gasteiger partial charge in [0.1, 0.15) is 11.5 Å². The van der Waals surface area contributed by atoms with E-state index < -0.39 is 5.97 Å². The molecule has 0 aliphatic heterocycles. The molecule has 6 nitrogen and oxygen atoms in total. The van der Waals surface area contributed by atoms with Crippen LogP contribution in [-0.2, 0) is 22.7 Å². The largest absolute Gasteiger partial charge is 0.481 e. The van der Waals surface area contributed by atoms with E-state index in [4.69, 9.17) is 15.6 Å². The Hall–Kier alpha value is -3.64. The fraction of sp³-hybridized carbons (Fsp3) is 0.167. The number of nitrogens with zero attached hydrogens (tertiary/aromatic N) is 1.